The molecular formula is C20H16N2O2S2. The Bertz CT molecular complexity index is 1010. The van der Waals surface area contributed by atoms with Crippen molar-refractivity contribution in [1.29, 1.82) is 0 Å². The summed E-state index contributed by atoms with van der Waals surface area (Å²) in [5.41, 5.74) is 2.92. The summed E-state index contributed by atoms with van der Waals surface area (Å²) in [6.07, 6.45) is 1.66. The summed E-state index contributed by atoms with van der Waals surface area (Å²) in [7, 11) is 0. The molecule has 26 heavy (non-hydrogen) atoms. The smallest absolute Gasteiger partial charge is 0.293 e. The normalized spacial score (nSPS) is 10.9. The summed E-state index contributed by atoms with van der Waals surface area (Å²) in [5, 5.41) is 6.19. The molecule has 4 rings (SSSR count). The van der Waals surface area contributed by atoms with Crippen LogP contribution in [0.3, 0.4) is 0 Å². The number of para-hydroxylation sites is 1. The Kier molecular flexibility index (Phi) is 5.04. The third kappa shape index (κ3) is 3.66. The average molecular weight is 380 g/mol. The molecule has 2 heterocycles. The third-order valence-corrected chi connectivity index (χ3v) is 5.63. The molecule has 2 aromatic carbocycles. The molecule has 0 unspecified atom stereocenters. The monoisotopic (exact) mass is 380 g/mol. The molecular weight excluding hydrogens is 364 g/mol. The van der Waals surface area contributed by atoms with E-state index in [1.165, 1.54) is 16.9 Å². The SMILES string of the molecule is O=C(Nc1nccs1)c1oc2ccccc2c1CSCc1ccccc1. The zero-order chi connectivity index (χ0) is 17.8. The molecule has 0 aliphatic heterocycles. The van der Waals surface area contributed by atoms with Gasteiger partial charge in [0.05, 0.1) is 0 Å². The quantitative estimate of drug-likeness (QED) is 0.475. The standard InChI is InChI=1S/C20H16N2O2S2/c23-19(22-20-21-10-11-26-20)18-16(15-8-4-5-9-17(15)24-18)13-25-12-14-6-2-1-3-7-14/h1-11H,12-13H2,(H,21,22,23). The number of fused-ring (bicyclic) bond motifs is 1. The first-order chi connectivity index (χ1) is 12.8. The number of hydrogen-bond acceptors (Lipinski definition) is 5. The van der Waals surface area contributed by atoms with Gasteiger partial charge < -0.3 is 4.42 Å². The molecule has 0 fully saturated rings. The Morgan fingerprint density at radius 2 is 1.88 bits per heavy atom. The zero-order valence-electron chi connectivity index (χ0n) is 13.8. The van der Waals surface area contributed by atoms with Crippen LogP contribution in [0, 0.1) is 0 Å². The number of carbonyl (C=O) groups excluding carboxylic acids is 1. The summed E-state index contributed by atoms with van der Waals surface area (Å²) in [6.45, 7) is 0. The largest absolute Gasteiger partial charge is 0.451 e. The van der Waals surface area contributed by atoms with E-state index in [4.69, 9.17) is 4.42 Å². The average Bonchev–Trinajstić information content (AvgIpc) is 3.31. The number of anilines is 1. The van der Waals surface area contributed by atoms with Gasteiger partial charge in [0.25, 0.3) is 5.91 Å². The van der Waals surface area contributed by atoms with Gasteiger partial charge in [0.1, 0.15) is 5.58 Å². The number of carbonyl (C=O) groups is 1. The highest BCUT2D eigenvalue weighted by Gasteiger charge is 2.21. The van der Waals surface area contributed by atoms with Gasteiger partial charge in [-0.3, -0.25) is 10.1 Å². The lowest BCUT2D eigenvalue weighted by Crippen LogP contribution is -2.12. The van der Waals surface area contributed by atoms with Gasteiger partial charge in [-0.2, -0.15) is 11.8 Å². The zero-order valence-corrected chi connectivity index (χ0v) is 15.5. The van der Waals surface area contributed by atoms with Crippen LogP contribution in [0.5, 0.6) is 0 Å². The molecule has 0 bridgehead atoms. The molecule has 130 valence electrons. The van der Waals surface area contributed by atoms with Crippen molar-refractivity contribution in [2.45, 2.75) is 11.5 Å². The molecule has 0 saturated carbocycles. The Hall–Kier alpha value is -2.57. The van der Waals surface area contributed by atoms with E-state index in [0.29, 0.717) is 16.6 Å². The highest BCUT2D eigenvalue weighted by Crippen LogP contribution is 2.31. The lowest BCUT2D eigenvalue weighted by Gasteiger charge is -2.04. The second kappa shape index (κ2) is 7.76. The molecule has 1 amide bonds. The first-order valence-corrected chi connectivity index (χ1v) is 10.2. The van der Waals surface area contributed by atoms with Crippen LogP contribution in [0.2, 0.25) is 0 Å². The van der Waals surface area contributed by atoms with E-state index in [2.05, 4.69) is 22.4 Å². The van der Waals surface area contributed by atoms with Crippen LogP contribution in [0.25, 0.3) is 11.0 Å². The minimum atomic E-state index is -0.258. The van der Waals surface area contributed by atoms with Crippen LogP contribution >= 0.6 is 23.1 Å². The van der Waals surface area contributed by atoms with Crippen LogP contribution in [0.4, 0.5) is 5.13 Å². The molecule has 1 N–H and O–H groups in total. The number of furan rings is 1. The summed E-state index contributed by atoms with van der Waals surface area (Å²) in [4.78, 5) is 16.8. The van der Waals surface area contributed by atoms with E-state index in [0.717, 1.165) is 22.3 Å². The van der Waals surface area contributed by atoms with Crippen LogP contribution in [-0.4, -0.2) is 10.9 Å². The predicted molar refractivity (Wildman–Crippen MR) is 108 cm³/mol. The van der Waals surface area contributed by atoms with Crippen molar-refractivity contribution in [2.24, 2.45) is 0 Å². The molecule has 4 nitrogen and oxygen atoms in total. The van der Waals surface area contributed by atoms with Gasteiger partial charge in [-0.25, -0.2) is 4.98 Å². The van der Waals surface area contributed by atoms with Gasteiger partial charge in [0, 0.05) is 34.0 Å². The molecule has 6 heteroatoms. The van der Waals surface area contributed by atoms with Crippen LogP contribution in [-0.2, 0) is 11.5 Å². The molecule has 0 aliphatic carbocycles. The number of rotatable bonds is 6. The maximum absolute atomic E-state index is 12.7. The Morgan fingerprint density at radius 1 is 1.08 bits per heavy atom. The minimum absolute atomic E-state index is 0.258. The Balaban J connectivity index is 1.58. The summed E-state index contributed by atoms with van der Waals surface area (Å²) >= 11 is 3.15. The Labute approximate surface area is 159 Å². The number of thiazole rings is 1. The number of amides is 1. The summed E-state index contributed by atoms with van der Waals surface area (Å²) in [5.74, 6) is 1.69. The third-order valence-electron chi connectivity index (χ3n) is 3.92. The van der Waals surface area contributed by atoms with Gasteiger partial charge in [0.15, 0.2) is 10.9 Å². The summed E-state index contributed by atoms with van der Waals surface area (Å²) in [6, 6.07) is 18.1. The fourth-order valence-corrected chi connectivity index (χ4v) is 4.25. The highest BCUT2D eigenvalue weighted by molar-refractivity contribution is 7.97. The van der Waals surface area contributed by atoms with E-state index in [9.17, 15) is 4.79 Å². The molecule has 0 spiro atoms. The van der Waals surface area contributed by atoms with Crippen molar-refractivity contribution < 1.29 is 9.21 Å². The fraction of sp³-hybridized carbons (Fsp3) is 0.100. The van der Waals surface area contributed by atoms with Crippen molar-refractivity contribution in [3.8, 4) is 0 Å². The van der Waals surface area contributed by atoms with E-state index in [1.54, 1.807) is 18.0 Å². The fourth-order valence-electron chi connectivity index (χ4n) is 2.71. The van der Waals surface area contributed by atoms with Crippen molar-refractivity contribution in [3.05, 3.63) is 83.1 Å². The number of benzene rings is 2. The minimum Gasteiger partial charge on any atom is -0.451 e. The highest BCUT2D eigenvalue weighted by atomic mass is 32.2. The predicted octanol–water partition coefficient (Wildman–Crippen LogP) is 5.58. The lowest BCUT2D eigenvalue weighted by atomic mass is 10.1. The number of hydrogen-bond donors (Lipinski definition) is 1. The Morgan fingerprint density at radius 3 is 2.69 bits per heavy atom. The maximum atomic E-state index is 12.7. The number of nitrogens with one attached hydrogen (secondary N) is 1. The van der Waals surface area contributed by atoms with E-state index < -0.39 is 0 Å². The van der Waals surface area contributed by atoms with Crippen molar-refractivity contribution in [1.82, 2.24) is 4.98 Å². The van der Waals surface area contributed by atoms with Gasteiger partial charge >= 0.3 is 0 Å². The number of nitrogens with zero attached hydrogens (tertiary/aromatic N) is 1. The van der Waals surface area contributed by atoms with Crippen molar-refractivity contribution in [3.63, 3.8) is 0 Å². The number of aromatic nitrogens is 1. The first-order valence-electron chi connectivity index (χ1n) is 8.14. The molecule has 0 atom stereocenters. The molecule has 0 saturated heterocycles. The molecule has 2 aromatic heterocycles. The van der Waals surface area contributed by atoms with Crippen LogP contribution in [0.1, 0.15) is 21.7 Å². The first kappa shape index (κ1) is 16.9. The van der Waals surface area contributed by atoms with Gasteiger partial charge in [-0.05, 0) is 11.6 Å². The molecule has 4 aromatic rings. The second-order valence-electron chi connectivity index (χ2n) is 5.68. The lowest BCUT2D eigenvalue weighted by molar-refractivity contribution is 0.0998. The topological polar surface area (TPSA) is 55.1 Å². The summed E-state index contributed by atoms with van der Waals surface area (Å²) < 4.78 is 5.86. The van der Waals surface area contributed by atoms with Crippen LogP contribution < -0.4 is 5.32 Å². The van der Waals surface area contributed by atoms with Gasteiger partial charge in [0.2, 0.25) is 0 Å². The number of thioether (sulfide) groups is 1. The van der Waals surface area contributed by atoms with Crippen molar-refractivity contribution in [2.75, 3.05) is 5.32 Å². The van der Waals surface area contributed by atoms with E-state index >= 15 is 0 Å². The molecule has 0 aliphatic rings. The molecule has 0 radical (unpaired) electrons. The van der Waals surface area contributed by atoms with E-state index in [-0.39, 0.29) is 5.91 Å². The van der Waals surface area contributed by atoms with Crippen LogP contribution in [0.15, 0.2) is 70.6 Å². The second-order valence-corrected chi connectivity index (χ2v) is 7.56. The van der Waals surface area contributed by atoms with Crippen molar-refractivity contribution >= 4 is 45.1 Å². The van der Waals surface area contributed by atoms with Gasteiger partial charge in [-0.1, -0.05) is 48.5 Å². The maximum Gasteiger partial charge on any atom is 0.293 e. The van der Waals surface area contributed by atoms with Gasteiger partial charge in [-0.15, -0.1) is 11.3 Å². The van der Waals surface area contributed by atoms with E-state index in [1.807, 2.05) is 47.8 Å².